The van der Waals surface area contributed by atoms with Crippen LogP contribution in [0.3, 0.4) is 0 Å². The predicted molar refractivity (Wildman–Crippen MR) is 68.5 cm³/mol. The molecular formula is C13H15N3O2. The molecule has 0 spiro atoms. The van der Waals surface area contributed by atoms with Gasteiger partial charge < -0.3 is 15.2 Å². The van der Waals surface area contributed by atoms with Crippen LogP contribution < -0.4 is 15.2 Å². The maximum atomic E-state index is 5.54. The first-order chi connectivity index (χ1) is 8.78. The highest BCUT2D eigenvalue weighted by molar-refractivity contribution is 5.68. The second kappa shape index (κ2) is 5.46. The summed E-state index contributed by atoms with van der Waals surface area (Å²) in [6.45, 7) is 0.312. The van der Waals surface area contributed by atoms with Crippen molar-refractivity contribution in [1.82, 2.24) is 9.97 Å². The number of ether oxygens (including phenoxy) is 2. The van der Waals surface area contributed by atoms with E-state index in [1.165, 1.54) is 0 Å². The van der Waals surface area contributed by atoms with Crippen LogP contribution in [-0.4, -0.2) is 24.2 Å². The number of nitrogens with two attached hydrogens (primary N) is 1. The van der Waals surface area contributed by atoms with Crippen molar-refractivity contribution in [3.05, 3.63) is 36.3 Å². The molecule has 2 aromatic rings. The highest BCUT2D eigenvalue weighted by Crippen LogP contribution is 2.31. The van der Waals surface area contributed by atoms with Crippen molar-refractivity contribution in [3.8, 4) is 22.8 Å². The van der Waals surface area contributed by atoms with Gasteiger partial charge in [0.1, 0.15) is 17.3 Å². The first-order valence-electron chi connectivity index (χ1n) is 5.53. The van der Waals surface area contributed by atoms with Crippen LogP contribution in [0.15, 0.2) is 30.5 Å². The lowest BCUT2D eigenvalue weighted by molar-refractivity contribution is 0.395. The van der Waals surface area contributed by atoms with Crippen LogP contribution in [0, 0.1) is 0 Å². The van der Waals surface area contributed by atoms with Gasteiger partial charge in [0.15, 0.2) is 0 Å². The lowest BCUT2D eigenvalue weighted by atomic mass is 10.1. The SMILES string of the molecule is COc1ccc(-c2ccnc(CN)n2)c(OC)c1. The second-order valence-corrected chi connectivity index (χ2v) is 3.63. The molecule has 1 heterocycles. The highest BCUT2D eigenvalue weighted by Gasteiger charge is 2.09. The molecule has 0 aliphatic carbocycles. The van der Waals surface area contributed by atoms with Crippen LogP contribution in [0.5, 0.6) is 11.5 Å². The van der Waals surface area contributed by atoms with Crippen molar-refractivity contribution in [2.45, 2.75) is 6.54 Å². The second-order valence-electron chi connectivity index (χ2n) is 3.63. The molecule has 0 aliphatic rings. The van der Waals surface area contributed by atoms with Crippen LogP contribution >= 0.6 is 0 Å². The summed E-state index contributed by atoms with van der Waals surface area (Å²) < 4.78 is 10.5. The van der Waals surface area contributed by atoms with Crippen LogP contribution in [0.2, 0.25) is 0 Å². The molecule has 5 nitrogen and oxygen atoms in total. The van der Waals surface area contributed by atoms with Crippen molar-refractivity contribution < 1.29 is 9.47 Å². The summed E-state index contributed by atoms with van der Waals surface area (Å²) in [6.07, 6.45) is 1.69. The number of benzene rings is 1. The van der Waals surface area contributed by atoms with E-state index in [1.54, 1.807) is 20.4 Å². The maximum absolute atomic E-state index is 5.54. The van der Waals surface area contributed by atoms with Crippen molar-refractivity contribution in [2.75, 3.05) is 14.2 Å². The monoisotopic (exact) mass is 245 g/mol. The van der Waals surface area contributed by atoms with Gasteiger partial charge in [-0.25, -0.2) is 9.97 Å². The predicted octanol–water partition coefficient (Wildman–Crippen LogP) is 1.62. The number of hydrogen-bond donors (Lipinski definition) is 1. The Morgan fingerprint density at radius 3 is 2.67 bits per heavy atom. The van der Waals surface area contributed by atoms with Crippen LogP contribution in [0.4, 0.5) is 0 Å². The van der Waals surface area contributed by atoms with E-state index in [0.29, 0.717) is 18.1 Å². The minimum atomic E-state index is 0.312. The first-order valence-corrected chi connectivity index (χ1v) is 5.53. The van der Waals surface area contributed by atoms with Gasteiger partial charge in [0.05, 0.1) is 26.5 Å². The molecule has 0 saturated heterocycles. The van der Waals surface area contributed by atoms with Gasteiger partial charge in [-0.1, -0.05) is 0 Å². The van der Waals surface area contributed by atoms with Gasteiger partial charge in [0.25, 0.3) is 0 Å². The number of methoxy groups -OCH3 is 2. The van der Waals surface area contributed by atoms with Gasteiger partial charge in [-0.15, -0.1) is 0 Å². The number of rotatable bonds is 4. The Hall–Kier alpha value is -2.14. The topological polar surface area (TPSA) is 70.3 Å². The minimum Gasteiger partial charge on any atom is -0.497 e. The highest BCUT2D eigenvalue weighted by atomic mass is 16.5. The summed E-state index contributed by atoms with van der Waals surface area (Å²) in [5.41, 5.74) is 7.20. The van der Waals surface area contributed by atoms with Crippen LogP contribution in [0.25, 0.3) is 11.3 Å². The molecule has 2 rings (SSSR count). The Kier molecular flexibility index (Phi) is 3.74. The van der Waals surface area contributed by atoms with Crippen molar-refractivity contribution in [3.63, 3.8) is 0 Å². The summed E-state index contributed by atoms with van der Waals surface area (Å²) in [5.74, 6) is 2.05. The largest absolute Gasteiger partial charge is 0.497 e. The van der Waals surface area contributed by atoms with Crippen molar-refractivity contribution in [1.29, 1.82) is 0 Å². The summed E-state index contributed by atoms with van der Waals surface area (Å²) in [5, 5.41) is 0. The average Bonchev–Trinajstić information content (AvgIpc) is 2.46. The Labute approximate surface area is 106 Å². The van der Waals surface area contributed by atoms with E-state index in [4.69, 9.17) is 15.2 Å². The molecule has 0 amide bonds. The molecule has 2 N–H and O–H groups in total. The van der Waals surface area contributed by atoms with Gasteiger partial charge >= 0.3 is 0 Å². The van der Waals surface area contributed by atoms with E-state index in [2.05, 4.69) is 9.97 Å². The van der Waals surface area contributed by atoms with Gasteiger partial charge in [0.2, 0.25) is 0 Å². The van der Waals surface area contributed by atoms with Crippen molar-refractivity contribution in [2.24, 2.45) is 5.73 Å². The molecule has 0 radical (unpaired) electrons. The van der Waals surface area contributed by atoms with Gasteiger partial charge in [-0.3, -0.25) is 0 Å². The van der Waals surface area contributed by atoms with E-state index >= 15 is 0 Å². The molecule has 18 heavy (non-hydrogen) atoms. The molecule has 0 fully saturated rings. The molecule has 5 heteroatoms. The third-order valence-electron chi connectivity index (χ3n) is 2.57. The molecule has 0 saturated carbocycles. The summed E-state index contributed by atoms with van der Waals surface area (Å²) in [6, 6.07) is 7.41. The fourth-order valence-corrected chi connectivity index (χ4v) is 1.66. The lowest BCUT2D eigenvalue weighted by Gasteiger charge is -2.10. The Morgan fingerprint density at radius 1 is 1.17 bits per heavy atom. The average molecular weight is 245 g/mol. The van der Waals surface area contributed by atoms with Crippen LogP contribution in [0.1, 0.15) is 5.82 Å². The molecule has 0 bridgehead atoms. The molecule has 0 atom stereocenters. The molecular weight excluding hydrogens is 230 g/mol. The van der Waals surface area contributed by atoms with E-state index in [9.17, 15) is 0 Å². The number of aromatic nitrogens is 2. The van der Waals surface area contributed by atoms with Gasteiger partial charge in [-0.2, -0.15) is 0 Å². The maximum Gasteiger partial charge on any atom is 0.142 e. The normalized spacial score (nSPS) is 10.2. The summed E-state index contributed by atoms with van der Waals surface area (Å²) in [7, 11) is 3.23. The molecule has 1 aromatic heterocycles. The fourth-order valence-electron chi connectivity index (χ4n) is 1.66. The number of hydrogen-bond acceptors (Lipinski definition) is 5. The quantitative estimate of drug-likeness (QED) is 0.886. The van der Waals surface area contributed by atoms with Crippen LogP contribution in [-0.2, 0) is 6.54 Å². The zero-order valence-corrected chi connectivity index (χ0v) is 10.4. The summed E-state index contributed by atoms with van der Waals surface area (Å²) in [4.78, 5) is 8.44. The Balaban J connectivity index is 2.48. The first kappa shape index (κ1) is 12.3. The minimum absolute atomic E-state index is 0.312. The van der Waals surface area contributed by atoms with E-state index in [-0.39, 0.29) is 0 Å². The molecule has 0 unspecified atom stereocenters. The zero-order chi connectivity index (χ0) is 13.0. The van der Waals surface area contributed by atoms with Gasteiger partial charge in [-0.05, 0) is 18.2 Å². The van der Waals surface area contributed by atoms with E-state index in [0.717, 1.165) is 17.0 Å². The smallest absolute Gasteiger partial charge is 0.142 e. The molecule has 94 valence electrons. The number of nitrogens with zero attached hydrogens (tertiary/aromatic N) is 2. The fraction of sp³-hybridized carbons (Fsp3) is 0.231. The van der Waals surface area contributed by atoms with E-state index < -0.39 is 0 Å². The molecule has 1 aromatic carbocycles. The van der Waals surface area contributed by atoms with Crippen molar-refractivity contribution >= 4 is 0 Å². The summed E-state index contributed by atoms with van der Waals surface area (Å²) >= 11 is 0. The Morgan fingerprint density at radius 2 is 2.00 bits per heavy atom. The Bertz CT molecular complexity index is 544. The lowest BCUT2D eigenvalue weighted by Crippen LogP contribution is -2.03. The molecule has 0 aliphatic heterocycles. The third-order valence-corrected chi connectivity index (χ3v) is 2.57. The standard InChI is InChI=1S/C13H15N3O2/c1-17-9-3-4-10(12(7-9)18-2)11-5-6-15-13(8-14)16-11/h3-7H,8,14H2,1-2H3. The zero-order valence-electron chi connectivity index (χ0n) is 10.4. The van der Waals surface area contributed by atoms with Gasteiger partial charge in [0, 0.05) is 17.8 Å². The van der Waals surface area contributed by atoms with E-state index in [1.807, 2.05) is 24.3 Å². The third kappa shape index (κ3) is 2.41.